The highest BCUT2D eigenvalue weighted by Crippen LogP contribution is 2.34. The van der Waals surface area contributed by atoms with E-state index in [1.807, 2.05) is 73.7 Å². The summed E-state index contributed by atoms with van der Waals surface area (Å²) in [7, 11) is 0. The van der Waals surface area contributed by atoms with Crippen LogP contribution in [0.15, 0.2) is 79.0 Å². The van der Waals surface area contributed by atoms with Crippen LogP contribution in [0.3, 0.4) is 0 Å². The number of urea groups is 1. The number of amides is 2. The van der Waals surface area contributed by atoms with Crippen molar-refractivity contribution >= 4 is 29.0 Å². The zero-order valence-electron chi connectivity index (χ0n) is 19.7. The molecule has 4 aromatic rings. The first-order valence-corrected chi connectivity index (χ1v) is 11.5. The zero-order valence-corrected chi connectivity index (χ0v) is 20.4. The van der Waals surface area contributed by atoms with Gasteiger partial charge in [-0.25, -0.2) is 14.8 Å². The average Bonchev–Trinajstić information content (AvgIpc) is 2.81. The van der Waals surface area contributed by atoms with Crippen molar-refractivity contribution in [2.45, 2.75) is 33.1 Å². The van der Waals surface area contributed by atoms with Crippen LogP contribution in [0.4, 0.5) is 16.2 Å². The number of nitrogens with one attached hydrogen (secondary N) is 2. The number of hydrogen-bond acceptors (Lipinski definition) is 3. The van der Waals surface area contributed by atoms with Crippen molar-refractivity contribution < 1.29 is 4.79 Å². The van der Waals surface area contributed by atoms with Gasteiger partial charge in [-0.2, -0.15) is 0 Å². The molecule has 0 aliphatic carbocycles. The topological polar surface area (TPSA) is 66.9 Å². The molecule has 1 heterocycles. The number of aryl methyl sites for hydroxylation is 1. The Labute approximate surface area is 205 Å². The van der Waals surface area contributed by atoms with Crippen LogP contribution >= 0.6 is 11.6 Å². The summed E-state index contributed by atoms with van der Waals surface area (Å²) in [4.78, 5) is 22.4. The number of para-hydroxylation sites is 1. The fourth-order valence-corrected chi connectivity index (χ4v) is 4.01. The van der Waals surface area contributed by atoms with E-state index < -0.39 is 0 Å². The molecule has 0 radical (unpaired) electrons. The van der Waals surface area contributed by atoms with E-state index in [-0.39, 0.29) is 11.4 Å². The van der Waals surface area contributed by atoms with E-state index in [1.54, 1.807) is 12.3 Å². The molecule has 0 saturated heterocycles. The summed E-state index contributed by atoms with van der Waals surface area (Å²) in [5.41, 5.74) is 5.33. The largest absolute Gasteiger partial charge is 0.323 e. The number of hydrogen-bond donors (Lipinski definition) is 2. The fourth-order valence-electron chi connectivity index (χ4n) is 3.78. The SMILES string of the molecule is Cc1cccc(C(C)(C)C)c1NC(=O)Nc1cnc(-c2ccccc2)nc1-c1ccccc1Cl. The number of carbonyl (C=O) groups excluding carboxylic acids is 1. The molecule has 2 N–H and O–H groups in total. The van der Waals surface area contributed by atoms with E-state index in [4.69, 9.17) is 16.6 Å². The van der Waals surface area contributed by atoms with E-state index in [9.17, 15) is 4.79 Å². The first-order valence-electron chi connectivity index (χ1n) is 11.1. The number of nitrogens with zero attached hydrogens (tertiary/aromatic N) is 2. The second-order valence-electron chi connectivity index (χ2n) is 9.13. The Balaban J connectivity index is 1.71. The average molecular weight is 471 g/mol. The molecule has 4 rings (SSSR count). The minimum Gasteiger partial charge on any atom is -0.307 e. The highest BCUT2D eigenvalue weighted by molar-refractivity contribution is 6.33. The number of carbonyl (C=O) groups is 1. The van der Waals surface area contributed by atoms with E-state index in [2.05, 4.69) is 36.4 Å². The summed E-state index contributed by atoms with van der Waals surface area (Å²) in [6, 6.07) is 22.8. The van der Waals surface area contributed by atoms with E-state index in [1.165, 1.54) is 0 Å². The first-order chi connectivity index (χ1) is 16.2. The van der Waals surface area contributed by atoms with Gasteiger partial charge < -0.3 is 10.6 Å². The van der Waals surface area contributed by atoms with Gasteiger partial charge in [-0.3, -0.25) is 0 Å². The second kappa shape index (κ2) is 9.65. The summed E-state index contributed by atoms with van der Waals surface area (Å²) >= 11 is 6.50. The fraction of sp³-hybridized carbons (Fsp3) is 0.179. The van der Waals surface area contributed by atoms with Crippen LogP contribution in [0.2, 0.25) is 5.02 Å². The van der Waals surface area contributed by atoms with Crippen molar-refractivity contribution in [2.24, 2.45) is 0 Å². The molecule has 0 unspecified atom stereocenters. The molecule has 0 saturated carbocycles. The van der Waals surface area contributed by atoms with Gasteiger partial charge in [0.1, 0.15) is 0 Å². The molecule has 3 aromatic carbocycles. The predicted molar refractivity (Wildman–Crippen MR) is 140 cm³/mol. The van der Waals surface area contributed by atoms with E-state index in [0.717, 1.165) is 22.4 Å². The van der Waals surface area contributed by atoms with Crippen LogP contribution in [-0.2, 0) is 5.41 Å². The lowest BCUT2D eigenvalue weighted by molar-refractivity contribution is 0.262. The molecule has 1 aromatic heterocycles. The molecular weight excluding hydrogens is 444 g/mol. The maximum Gasteiger partial charge on any atom is 0.323 e. The minimum atomic E-state index is -0.371. The zero-order chi connectivity index (χ0) is 24.3. The van der Waals surface area contributed by atoms with Gasteiger partial charge in [0.25, 0.3) is 0 Å². The van der Waals surface area contributed by atoms with Crippen LogP contribution in [0, 0.1) is 6.92 Å². The molecule has 172 valence electrons. The Hall–Kier alpha value is -3.70. The van der Waals surface area contributed by atoms with Crippen molar-refractivity contribution in [3.63, 3.8) is 0 Å². The Kier molecular flexibility index (Phi) is 6.66. The molecule has 5 nitrogen and oxygen atoms in total. The van der Waals surface area contributed by atoms with Crippen LogP contribution in [0.1, 0.15) is 31.9 Å². The Morgan fingerprint density at radius 1 is 0.882 bits per heavy atom. The van der Waals surface area contributed by atoms with Gasteiger partial charge in [0.05, 0.1) is 22.6 Å². The summed E-state index contributed by atoms with van der Waals surface area (Å²) in [5.74, 6) is 0.551. The van der Waals surface area contributed by atoms with Crippen LogP contribution in [0.5, 0.6) is 0 Å². The number of anilines is 2. The standard InChI is InChI=1S/C28H27ClN4O/c1-18-11-10-15-21(28(2,3)4)24(18)33-27(34)31-23-17-30-26(19-12-6-5-7-13-19)32-25(23)20-14-8-9-16-22(20)29/h5-17H,1-4H3,(H2,31,33,34). The summed E-state index contributed by atoms with van der Waals surface area (Å²) in [6.45, 7) is 8.35. The maximum atomic E-state index is 13.1. The van der Waals surface area contributed by atoms with Crippen molar-refractivity contribution in [2.75, 3.05) is 10.6 Å². The van der Waals surface area contributed by atoms with Crippen molar-refractivity contribution in [3.8, 4) is 22.6 Å². The smallest absolute Gasteiger partial charge is 0.307 e. The van der Waals surface area contributed by atoms with Gasteiger partial charge in [0, 0.05) is 16.8 Å². The molecule has 34 heavy (non-hydrogen) atoms. The normalized spacial score (nSPS) is 11.2. The van der Waals surface area contributed by atoms with Crippen molar-refractivity contribution in [3.05, 3.63) is 95.1 Å². The maximum absolute atomic E-state index is 13.1. The number of benzene rings is 3. The van der Waals surface area contributed by atoms with Crippen molar-refractivity contribution in [1.29, 1.82) is 0 Å². The molecule has 0 aliphatic rings. The van der Waals surface area contributed by atoms with Gasteiger partial charge in [0.2, 0.25) is 0 Å². The highest BCUT2D eigenvalue weighted by atomic mass is 35.5. The van der Waals surface area contributed by atoms with Gasteiger partial charge in [-0.1, -0.05) is 99.1 Å². The number of halogens is 1. The summed E-state index contributed by atoms with van der Waals surface area (Å²) in [6.07, 6.45) is 1.62. The van der Waals surface area contributed by atoms with Gasteiger partial charge >= 0.3 is 6.03 Å². The Bertz CT molecular complexity index is 1330. The first kappa shape index (κ1) is 23.5. The quantitative estimate of drug-likeness (QED) is 0.321. The second-order valence-corrected chi connectivity index (χ2v) is 9.54. The molecule has 0 bridgehead atoms. The monoisotopic (exact) mass is 470 g/mol. The molecular formula is C28H27ClN4O. The lowest BCUT2D eigenvalue weighted by atomic mass is 9.84. The third-order valence-corrected chi connectivity index (χ3v) is 5.85. The van der Waals surface area contributed by atoms with E-state index in [0.29, 0.717) is 27.8 Å². The molecule has 6 heteroatoms. The van der Waals surface area contributed by atoms with E-state index >= 15 is 0 Å². The lowest BCUT2D eigenvalue weighted by Gasteiger charge is -2.24. The molecule has 2 amide bonds. The highest BCUT2D eigenvalue weighted by Gasteiger charge is 2.21. The van der Waals surface area contributed by atoms with Gasteiger partial charge in [-0.05, 0) is 29.5 Å². The van der Waals surface area contributed by atoms with Gasteiger partial charge in [0.15, 0.2) is 5.82 Å². The third kappa shape index (κ3) is 5.10. The Morgan fingerprint density at radius 3 is 2.29 bits per heavy atom. The number of aromatic nitrogens is 2. The van der Waals surface area contributed by atoms with Crippen LogP contribution < -0.4 is 10.6 Å². The van der Waals surface area contributed by atoms with Crippen molar-refractivity contribution in [1.82, 2.24) is 9.97 Å². The summed E-state index contributed by atoms with van der Waals surface area (Å²) < 4.78 is 0. The molecule has 0 aliphatic heterocycles. The lowest BCUT2D eigenvalue weighted by Crippen LogP contribution is -2.24. The predicted octanol–water partition coefficient (Wildman–Crippen LogP) is 7.71. The van der Waals surface area contributed by atoms with Gasteiger partial charge in [-0.15, -0.1) is 0 Å². The van der Waals surface area contributed by atoms with Crippen LogP contribution in [0.25, 0.3) is 22.6 Å². The molecule has 0 atom stereocenters. The molecule has 0 spiro atoms. The molecule has 0 fully saturated rings. The Morgan fingerprint density at radius 2 is 1.59 bits per heavy atom. The summed E-state index contributed by atoms with van der Waals surface area (Å²) in [5, 5.41) is 6.51. The minimum absolute atomic E-state index is 0.127. The number of rotatable bonds is 4. The van der Waals surface area contributed by atoms with Crippen LogP contribution in [-0.4, -0.2) is 16.0 Å². The third-order valence-electron chi connectivity index (χ3n) is 5.52.